The van der Waals surface area contributed by atoms with Gasteiger partial charge in [-0.15, -0.1) is 0 Å². The van der Waals surface area contributed by atoms with E-state index < -0.39 is 10.0 Å². The Morgan fingerprint density at radius 2 is 1.90 bits per heavy atom. The van der Waals surface area contributed by atoms with E-state index in [0.29, 0.717) is 24.7 Å². The molecule has 0 saturated heterocycles. The van der Waals surface area contributed by atoms with Gasteiger partial charge in [0.1, 0.15) is 5.82 Å². The second kappa shape index (κ2) is 11.1. The highest BCUT2D eigenvalue weighted by Crippen LogP contribution is 2.16. The molecule has 0 fully saturated rings. The number of aryl methyl sites for hydroxylation is 1. The zero-order valence-corrected chi connectivity index (χ0v) is 18.5. The van der Waals surface area contributed by atoms with Gasteiger partial charge in [-0.2, -0.15) is 0 Å². The van der Waals surface area contributed by atoms with Crippen LogP contribution in [-0.2, 0) is 21.3 Å². The monoisotopic (exact) mass is 436 g/mol. The number of aliphatic imine (C=N–C) groups is 1. The highest BCUT2D eigenvalue weighted by Gasteiger charge is 2.13. The maximum absolute atomic E-state index is 13.8. The third-order valence-corrected chi connectivity index (χ3v) is 6.04. The van der Waals surface area contributed by atoms with Crippen molar-refractivity contribution in [1.29, 1.82) is 0 Å². The summed E-state index contributed by atoms with van der Waals surface area (Å²) in [5, 5.41) is 6.39. The van der Waals surface area contributed by atoms with Gasteiger partial charge in [0, 0.05) is 27.2 Å². The molecule has 0 radical (unpaired) electrons. The van der Waals surface area contributed by atoms with Crippen molar-refractivity contribution >= 4 is 16.0 Å². The number of benzene rings is 2. The molecule has 0 bridgehead atoms. The number of methoxy groups -OCH3 is 1. The molecule has 0 aliphatic carbocycles. The number of sulfonamides is 1. The Morgan fingerprint density at radius 1 is 1.20 bits per heavy atom. The Balaban J connectivity index is 1.94. The zero-order chi connectivity index (χ0) is 22.1. The fourth-order valence-electron chi connectivity index (χ4n) is 2.70. The van der Waals surface area contributed by atoms with Crippen molar-refractivity contribution < 1.29 is 17.5 Å². The lowest BCUT2D eigenvalue weighted by molar-refractivity contribution is 0.204. The summed E-state index contributed by atoms with van der Waals surface area (Å²) >= 11 is 0. The molecule has 0 saturated carbocycles. The van der Waals surface area contributed by atoms with Gasteiger partial charge >= 0.3 is 0 Å². The Hall–Kier alpha value is -2.49. The van der Waals surface area contributed by atoms with Crippen molar-refractivity contribution in [1.82, 2.24) is 15.4 Å². The van der Waals surface area contributed by atoms with Crippen LogP contribution >= 0.6 is 0 Å². The van der Waals surface area contributed by atoms with E-state index in [-0.39, 0.29) is 23.3 Å². The number of hydrogen-bond acceptors (Lipinski definition) is 4. The highest BCUT2D eigenvalue weighted by atomic mass is 32.2. The van der Waals surface area contributed by atoms with Crippen molar-refractivity contribution in [2.45, 2.75) is 31.3 Å². The summed E-state index contributed by atoms with van der Waals surface area (Å²) in [5.74, 6) is 0.317. The average Bonchev–Trinajstić information content (AvgIpc) is 2.73. The minimum atomic E-state index is -3.56. The lowest BCUT2D eigenvalue weighted by Crippen LogP contribution is -2.38. The summed E-state index contributed by atoms with van der Waals surface area (Å²) in [6.07, 6.45) is 0. The second-order valence-corrected chi connectivity index (χ2v) is 8.60. The van der Waals surface area contributed by atoms with Gasteiger partial charge in [-0.25, -0.2) is 17.5 Å². The summed E-state index contributed by atoms with van der Waals surface area (Å²) < 4.78 is 45.5. The standard InChI is InChI=1S/C21H29FN4O3S/c1-15-5-8-18(13-20(15)22)16(2)26-21(23-3)24-14-17-6-9-19(10-7-17)30(27,28)25-11-12-29-4/h5-10,13,16,25H,11-12,14H2,1-4H3,(H2,23,24,26). The topological polar surface area (TPSA) is 91.8 Å². The zero-order valence-electron chi connectivity index (χ0n) is 17.7. The van der Waals surface area contributed by atoms with E-state index in [2.05, 4.69) is 20.3 Å². The molecule has 0 heterocycles. The molecule has 1 unspecified atom stereocenters. The highest BCUT2D eigenvalue weighted by molar-refractivity contribution is 7.89. The van der Waals surface area contributed by atoms with Gasteiger partial charge in [0.25, 0.3) is 0 Å². The molecule has 2 aromatic rings. The molecule has 2 rings (SSSR count). The normalized spacial score (nSPS) is 13.2. The van der Waals surface area contributed by atoms with E-state index in [9.17, 15) is 12.8 Å². The van der Waals surface area contributed by atoms with Crippen LogP contribution in [0.25, 0.3) is 0 Å². The lowest BCUT2D eigenvalue weighted by atomic mass is 10.1. The third-order valence-electron chi connectivity index (χ3n) is 4.56. The first-order chi connectivity index (χ1) is 14.3. The molecule has 0 spiro atoms. The van der Waals surface area contributed by atoms with Crippen molar-refractivity contribution in [3.05, 3.63) is 65.0 Å². The van der Waals surface area contributed by atoms with Crippen LogP contribution in [0.4, 0.5) is 4.39 Å². The van der Waals surface area contributed by atoms with E-state index in [1.54, 1.807) is 44.3 Å². The van der Waals surface area contributed by atoms with Crippen LogP contribution < -0.4 is 15.4 Å². The van der Waals surface area contributed by atoms with Crippen LogP contribution in [-0.4, -0.2) is 41.7 Å². The molecule has 0 amide bonds. The van der Waals surface area contributed by atoms with Crippen LogP contribution in [0.15, 0.2) is 52.4 Å². The number of halogens is 1. The van der Waals surface area contributed by atoms with Gasteiger partial charge in [-0.05, 0) is 48.7 Å². The van der Waals surface area contributed by atoms with Crippen molar-refractivity contribution in [2.24, 2.45) is 4.99 Å². The molecule has 0 aromatic heterocycles. The number of hydrogen-bond donors (Lipinski definition) is 3. The van der Waals surface area contributed by atoms with Crippen LogP contribution in [0.3, 0.4) is 0 Å². The molecule has 1 atom stereocenters. The predicted octanol–water partition coefficient (Wildman–Crippen LogP) is 2.49. The fourth-order valence-corrected chi connectivity index (χ4v) is 3.71. The third kappa shape index (κ3) is 6.79. The van der Waals surface area contributed by atoms with E-state index in [4.69, 9.17) is 4.74 Å². The number of ether oxygens (including phenoxy) is 1. The summed E-state index contributed by atoms with van der Waals surface area (Å²) in [4.78, 5) is 4.38. The molecule has 0 aliphatic rings. The largest absolute Gasteiger partial charge is 0.383 e. The minimum absolute atomic E-state index is 0.142. The van der Waals surface area contributed by atoms with Gasteiger partial charge in [0.05, 0.1) is 17.5 Å². The molecule has 9 heteroatoms. The molecule has 164 valence electrons. The van der Waals surface area contributed by atoms with Crippen LogP contribution in [0.2, 0.25) is 0 Å². The summed E-state index contributed by atoms with van der Waals surface area (Å²) in [6.45, 7) is 4.62. The molecular formula is C21H29FN4O3S. The maximum Gasteiger partial charge on any atom is 0.240 e. The SMILES string of the molecule is CN=C(NCc1ccc(S(=O)(=O)NCCOC)cc1)NC(C)c1ccc(C)c(F)c1. The molecule has 2 aromatic carbocycles. The van der Waals surface area contributed by atoms with Crippen molar-refractivity contribution in [2.75, 3.05) is 27.3 Å². The number of nitrogens with zero attached hydrogens (tertiary/aromatic N) is 1. The van der Waals surface area contributed by atoms with E-state index in [1.165, 1.54) is 13.2 Å². The van der Waals surface area contributed by atoms with Gasteiger partial charge in [-0.3, -0.25) is 4.99 Å². The second-order valence-electron chi connectivity index (χ2n) is 6.83. The molecule has 0 aliphatic heterocycles. The summed E-state index contributed by atoms with van der Waals surface area (Å²) in [7, 11) is -0.391. The first-order valence-corrected chi connectivity index (χ1v) is 11.1. The van der Waals surface area contributed by atoms with Gasteiger partial charge < -0.3 is 15.4 Å². The van der Waals surface area contributed by atoms with E-state index in [1.807, 2.05) is 13.0 Å². The maximum atomic E-state index is 13.8. The van der Waals surface area contributed by atoms with Crippen molar-refractivity contribution in [3.63, 3.8) is 0 Å². The van der Waals surface area contributed by atoms with Gasteiger partial charge in [0.2, 0.25) is 10.0 Å². The first kappa shape index (κ1) is 23.8. The smallest absolute Gasteiger partial charge is 0.240 e. The Kier molecular flexibility index (Phi) is 8.76. The Morgan fingerprint density at radius 3 is 2.50 bits per heavy atom. The van der Waals surface area contributed by atoms with Gasteiger partial charge in [0.15, 0.2) is 5.96 Å². The molecular weight excluding hydrogens is 407 g/mol. The average molecular weight is 437 g/mol. The van der Waals surface area contributed by atoms with E-state index >= 15 is 0 Å². The molecule has 7 nitrogen and oxygen atoms in total. The summed E-state index contributed by atoms with van der Waals surface area (Å²) in [5.41, 5.74) is 2.31. The predicted molar refractivity (Wildman–Crippen MR) is 116 cm³/mol. The van der Waals surface area contributed by atoms with Crippen molar-refractivity contribution in [3.8, 4) is 0 Å². The van der Waals surface area contributed by atoms with Gasteiger partial charge in [-0.1, -0.05) is 24.3 Å². The van der Waals surface area contributed by atoms with Crippen LogP contribution in [0, 0.1) is 12.7 Å². The lowest BCUT2D eigenvalue weighted by Gasteiger charge is -2.19. The summed E-state index contributed by atoms with van der Waals surface area (Å²) in [6, 6.07) is 11.6. The van der Waals surface area contributed by atoms with Crippen LogP contribution in [0.5, 0.6) is 0 Å². The Labute approximate surface area is 177 Å². The number of nitrogens with one attached hydrogen (secondary N) is 3. The van der Waals surface area contributed by atoms with Crippen LogP contribution in [0.1, 0.15) is 29.7 Å². The minimum Gasteiger partial charge on any atom is -0.383 e. The Bertz CT molecular complexity index is 963. The number of rotatable bonds is 9. The first-order valence-electron chi connectivity index (χ1n) is 9.57. The molecule has 30 heavy (non-hydrogen) atoms. The van der Waals surface area contributed by atoms with E-state index in [0.717, 1.165) is 11.1 Å². The quantitative estimate of drug-likeness (QED) is 0.319. The number of guanidine groups is 1. The fraction of sp³-hybridized carbons (Fsp3) is 0.381. The molecule has 3 N–H and O–H groups in total.